The molecule has 0 aliphatic heterocycles. The molecule has 6 nitrogen and oxygen atoms in total. The molecule has 1 fully saturated rings. The Morgan fingerprint density at radius 3 is 2.80 bits per heavy atom. The van der Waals surface area contributed by atoms with Gasteiger partial charge >= 0.3 is 0 Å². The van der Waals surface area contributed by atoms with Crippen molar-refractivity contribution in [2.24, 2.45) is 5.92 Å². The molecule has 0 amide bonds. The van der Waals surface area contributed by atoms with E-state index in [-0.39, 0.29) is 16.8 Å². The molecule has 0 saturated heterocycles. The molecule has 1 heterocycles. The monoisotopic (exact) mass is 300 g/mol. The number of hydrogen-bond acceptors (Lipinski definition) is 4. The quantitative estimate of drug-likeness (QED) is 0.866. The first kappa shape index (κ1) is 15.3. The van der Waals surface area contributed by atoms with Crippen molar-refractivity contribution in [3.8, 4) is 0 Å². The van der Waals surface area contributed by atoms with Crippen LogP contribution in [-0.4, -0.2) is 24.2 Å². The van der Waals surface area contributed by atoms with Gasteiger partial charge < -0.3 is 5.73 Å². The third kappa shape index (κ3) is 3.15. The predicted octanol–water partition coefficient (Wildman–Crippen LogP) is 1.73. The molecule has 2 unspecified atom stereocenters. The first-order valence-corrected chi connectivity index (χ1v) is 8.77. The first-order valence-electron chi connectivity index (χ1n) is 7.29. The average Bonchev–Trinajstić information content (AvgIpc) is 2.75. The van der Waals surface area contributed by atoms with Gasteiger partial charge in [0.25, 0.3) is 0 Å². The second kappa shape index (κ2) is 6.13. The van der Waals surface area contributed by atoms with Crippen molar-refractivity contribution < 1.29 is 8.42 Å². The molecule has 1 saturated carbocycles. The largest absolute Gasteiger partial charge is 0.383 e. The minimum Gasteiger partial charge on any atom is -0.383 e. The number of nitrogens with two attached hydrogens (primary N) is 1. The van der Waals surface area contributed by atoms with E-state index in [0.717, 1.165) is 25.7 Å². The lowest BCUT2D eigenvalue weighted by molar-refractivity contribution is 0.310. The van der Waals surface area contributed by atoms with Crippen molar-refractivity contribution in [1.82, 2.24) is 14.5 Å². The third-order valence-corrected chi connectivity index (χ3v) is 5.49. The topological polar surface area (TPSA) is 90.0 Å². The predicted molar refractivity (Wildman–Crippen MR) is 78.7 cm³/mol. The molecule has 1 aliphatic rings. The van der Waals surface area contributed by atoms with Gasteiger partial charge in [0.2, 0.25) is 10.0 Å². The Bertz CT molecular complexity index is 553. The zero-order chi connectivity index (χ0) is 14.8. The van der Waals surface area contributed by atoms with Crippen LogP contribution >= 0.6 is 0 Å². The minimum absolute atomic E-state index is 0.00248. The van der Waals surface area contributed by atoms with Gasteiger partial charge in [0.1, 0.15) is 10.7 Å². The highest BCUT2D eigenvalue weighted by Crippen LogP contribution is 2.26. The molecular formula is C13H24N4O2S. The van der Waals surface area contributed by atoms with Crippen molar-refractivity contribution in [1.29, 1.82) is 0 Å². The van der Waals surface area contributed by atoms with Crippen LogP contribution < -0.4 is 10.5 Å². The van der Waals surface area contributed by atoms with E-state index < -0.39 is 10.0 Å². The van der Waals surface area contributed by atoms with E-state index in [0.29, 0.717) is 12.5 Å². The van der Waals surface area contributed by atoms with E-state index in [1.807, 2.05) is 6.92 Å². The van der Waals surface area contributed by atoms with Crippen LogP contribution in [0.4, 0.5) is 5.82 Å². The Kier molecular flexibility index (Phi) is 4.70. The number of aromatic nitrogens is 2. The molecule has 1 aromatic heterocycles. The fourth-order valence-corrected chi connectivity index (χ4v) is 4.17. The second-order valence-electron chi connectivity index (χ2n) is 5.61. The number of hydrogen-bond donors (Lipinski definition) is 2. The third-order valence-electron chi connectivity index (χ3n) is 3.99. The summed E-state index contributed by atoms with van der Waals surface area (Å²) in [6.07, 6.45) is 6.42. The van der Waals surface area contributed by atoms with Crippen LogP contribution in [0.3, 0.4) is 0 Å². The van der Waals surface area contributed by atoms with E-state index in [1.54, 1.807) is 4.68 Å². The van der Waals surface area contributed by atoms with Gasteiger partial charge in [-0.15, -0.1) is 0 Å². The molecule has 2 rings (SSSR count). The van der Waals surface area contributed by atoms with Crippen LogP contribution in [0.1, 0.15) is 46.0 Å². The Hall–Kier alpha value is -1.08. The van der Waals surface area contributed by atoms with Crippen LogP contribution in [0.2, 0.25) is 0 Å². The number of aryl methyl sites for hydroxylation is 1. The fourth-order valence-electron chi connectivity index (χ4n) is 2.73. The molecule has 0 bridgehead atoms. The maximum Gasteiger partial charge on any atom is 0.246 e. The highest BCUT2D eigenvalue weighted by atomic mass is 32.2. The van der Waals surface area contributed by atoms with Crippen molar-refractivity contribution in [3.05, 3.63) is 6.20 Å². The van der Waals surface area contributed by atoms with Crippen molar-refractivity contribution in [3.63, 3.8) is 0 Å². The number of sulfonamides is 1. The van der Waals surface area contributed by atoms with Crippen LogP contribution in [-0.2, 0) is 16.6 Å². The van der Waals surface area contributed by atoms with Crippen LogP contribution in [0.5, 0.6) is 0 Å². The summed E-state index contributed by atoms with van der Waals surface area (Å²) in [5.41, 5.74) is 5.90. The summed E-state index contributed by atoms with van der Waals surface area (Å²) in [7, 11) is -3.58. The summed E-state index contributed by atoms with van der Waals surface area (Å²) >= 11 is 0. The SMILES string of the molecule is CCCn1ncc(S(=O)(=O)NC2CCCCC2C)c1N. The summed E-state index contributed by atoms with van der Waals surface area (Å²) in [5.74, 6) is 0.591. The first-order chi connectivity index (χ1) is 9.45. The van der Waals surface area contributed by atoms with Crippen LogP contribution in [0.15, 0.2) is 11.1 Å². The zero-order valence-corrected chi connectivity index (χ0v) is 13.0. The number of nitrogen functional groups attached to an aromatic ring is 1. The Morgan fingerprint density at radius 1 is 1.45 bits per heavy atom. The van der Waals surface area contributed by atoms with Crippen molar-refractivity contribution in [2.45, 2.75) is 63.4 Å². The zero-order valence-electron chi connectivity index (χ0n) is 12.2. The molecule has 1 aliphatic carbocycles. The summed E-state index contributed by atoms with van der Waals surface area (Å²) in [6.45, 7) is 4.72. The van der Waals surface area contributed by atoms with E-state index in [9.17, 15) is 8.42 Å². The van der Waals surface area contributed by atoms with Gasteiger partial charge in [-0.05, 0) is 25.2 Å². The lowest BCUT2D eigenvalue weighted by atomic mass is 9.87. The Morgan fingerprint density at radius 2 is 2.15 bits per heavy atom. The van der Waals surface area contributed by atoms with Gasteiger partial charge in [-0.25, -0.2) is 17.8 Å². The molecule has 2 atom stereocenters. The van der Waals surface area contributed by atoms with Gasteiger partial charge in [-0.2, -0.15) is 5.10 Å². The standard InChI is InChI=1S/C13H24N4O2S/c1-3-8-17-13(14)12(9-15-17)20(18,19)16-11-7-5-4-6-10(11)2/h9-11,16H,3-8,14H2,1-2H3. The molecule has 0 aromatic carbocycles. The number of rotatable bonds is 5. The molecule has 3 N–H and O–H groups in total. The molecule has 114 valence electrons. The lowest BCUT2D eigenvalue weighted by Crippen LogP contribution is -2.41. The smallest absolute Gasteiger partial charge is 0.246 e. The number of anilines is 1. The van der Waals surface area contributed by atoms with Gasteiger partial charge in [0.05, 0.1) is 6.20 Å². The van der Waals surface area contributed by atoms with Gasteiger partial charge in [0.15, 0.2) is 0 Å². The number of nitrogens with one attached hydrogen (secondary N) is 1. The highest BCUT2D eigenvalue weighted by molar-refractivity contribution is 7.89. The summed E-state index contributed by atoms with van der Waals surface area (Å²) in [4.78, 5) is 0.101. The molecule has 20 heavy (non-hydrogen) atoms. The van der Waals surface area contributed by atoms with E-state index in [4.69, 9.17) is 5.73 Å². The Labute approximate surface area is 120 Å². The minimum atomic E-state index is -3.58. The van der Waals surface area contributed by atoms with E-state index in [1.165, 1.54) is 12.6 Å². The lowest BCUT2D eigenvalue weighted by Gasteiger charge is -2.29. The molecule has 0 spiro atoms. The molecule has 1 aromatic rings. The van der Waals surface area contributed by atoms with E-state index >= 15 is 0 Å². The van der Waals surface area contributed by atoms with Crippen molar-refractivity contribution in [2.75, 3.05) is 5.73 Å². The summed E-state index contributed by atoms with van der Waals surface area (Å²) in [6, 6.07) is 0.00248. The second-order valence-corrected chi connectivity index (χ2v) is 7.29. The van der Waals surface area contributed by atoms with Crippen molar-refractivity contribution >= 4 is 15.8 Å². The molecular weight excluding hydrogens is 276 g/mol. The average molecular weight is 300 g/mol. The molecule has 0 radical (unpaired) electrons. The van der Waals surface area contributed by atoms with Gasteiger partial charge in [0, 0.05) is 12.6 Å². The maximum atomic E-state index is 12.4. The fraction of sp³-hybridized carbons (Fsp3) is 0.769. The maximum absolute atomic E-state index is 12.4. The van der Waals surface area contributed by atoms with E-state index in [2.05, 4.69) is 16.7 Å². The summed E-state index contributed by atoms with van der Waals surface area (Å²) in [5, 5.41) is 4.06. The Balaban J connectivity index is 2.17. The van der Waals surface area contributed by atoms with Crippen LogP contribution in [0.25, 0.3) is 0 Å². The van der Waals surface area contributed by atoms with Crippen LogP contribution in [0, 0.1) is 5.92 Å². The summed E-state index contributed by atoms with van der Waals surface area (Å²) < 4.78 is 29.2. The normalized spacial score (nSPS) is 23.9. The highest BCUT2D eigenvalue weighted by Gasteiger charge is 2.29. The van der Waals surface area contributed by atoms with Gasteiger partial charge in [-0.1, -0.05) is 26.7 Å². The molecule has 7 heteroatoms. The van der Waals surface area contributed by atoms with Gasteiger partial charge in [-0.3, -0.25) is 0 Å². The number of nitrogens with zero attached hydrogens (tertiary/aromatic N) is 2.